The molecule has 0 fully saturated rings. The summed E-state index contributed by atoms with van der Waals surface area (Å²) in [5, 5.41) is 21.3. The van der Waals surface area contributed by atoms with Crippen LogP contribution in [0.4, 0.5) is 4.39 Å². The van der Waals surface area contributed by atoms with Gasteiger partial charge < -0.3 is 4.57 Å². The number of nitriles is 2. The monoisotopic (exact) mass is 694 g/mol. The number of rotatable bonds is 6. The summed E-state index contributed by atoms with van der Waals surface area (Å²) in [6.07, 6.45) is 0. The Balaban J connectivity index is 1.34. The number of nitrogens with zero attached hydrogens (tertiary/aromatic N) is 6. The molecule has 0 aliphatic heterocycles. The topological polar surface area (TPSA) is 91.2 Å². The zero-order valence-electron chi connectivity index (χ0n) is 28.6. The molecule has 7 heteroatoms. The quantitative estimate of drug-likeness (QED) is 0.173. The predicted molar refractivity (Wildman–Crippen MR) is 211 cm³/mol. The minimum absolute atomic E-state index is 0.322. The fraction of sp³-hybridized carbons (Fsp3) is 0. The van der Waals surface area contributed by atoms with Crippen molar-refractivity contribution in [2.75, 3.05) is 0 Å². The Morgan fingerprint density at radius 2 is 1.00 bits per heavy atom. The molecule has 0 radical (unpaired) electrons. The van der Waals surface area contributed by atoms with Gasteiger partial charge in [-0.1, -0.05) is 109 Å². The van der Waals surface area contributed by atoms with E-state index in [0.717, 1.165) is 55.3 Å². The second kappa shape index (κ2) is 13.4. The Hall–Kier alpha value is -7.74. The summed E-state index contributed by atoms with van der Waals surface area (Å²) in [4.78, 5) is 15.1. The Morgan fingerprint density at radius 3 is 1.67 bits per heavy atom. The number of aromatic nitrogens is 4. The zero-order chi connectivity index (χ0) is 36.6. The fourth-order valence-corrected chi connectivity index (χ4v) is 7.03. The molecule has 2 aromatic heterocycles. The second-order valence-electron chi connectivity index (χ2n) is 12.9. The molecule has 0 atom stereocenters. The lowest BCUT2D eigenvalue weighted by molar-refractivity contribution is 0.631. The molecule has 9 aromatic rings. The molecule has 0 aliphatic rings. The average Bonchev–Trinajstić information content (AvgIpc) is 3.57. The molecule has 0 N–H and O–H groups in total. The van der Waals surface area contributed by atoms with Crippen molar-refractivity contribution < 1.29 is 4.39 Å². The van der Waals surface area contributed by atoms with Crippen LogP contribution >= 0.6 is 0 Å². The lowest BCUT2D eigenvalue weighted by atomic mass is 9.98. The van der Waals surface area contributed by atoms with Crippen LogP contribution in [0.2, 0.25) is 0 Å². The number of hydrogen-bond donors (Lipinski definition) is 0. The highest BCUT2D eigenvalue weighted by atomic mass is 19.1. The second-order valence-corrected chi connectivity index (χ2v) is 12.9. The summed E-state index contributed by atoms with van der Waals surface area (Å²) < 4.78 is 17.6. The molecule has 0 unspecified atom stereocenters. The number of benzene rings is 7. The third-order valence-corrected chi connectivity index (χ3v) is 9.56. The summed E-state index contributed by atoms with van der Waals surface area (Å²) in [7, 11) is 0. The van der Waals surface area contributed by atoms with Gasteiger partial charge in [-0.15, -0.1) is 0 Å². The number of fused-ring (bicyclic) bond motifs is 3. The fourth-order valence-electron chi connectivity index (χ4n) is 7.03. The SMILES string of the molecule is N#Cc1cc(C#N)cc(-c2ccc3c(c2)c2ccccc2n3-c2cc(-c3ccccc3F)ccc2-c2nc(-c3ccccc3)nc(-c3ccccc3)n2)c1. The van der Waals surface area contributed by atoms with Crippen molar-refractivity contribution >= 4 is 21.8 Å². The molecular formula is C47H27FN6. The third-order valence-electron chi connectivity index (χ3n) is 9.56. The van der Waals surface area contributed by atoms with Crippen molar-refractivity contribution in [3.05, 3.63) is 181 Å². The van der Waals surface area contributed by atoms with Gasteiger partial charge in [0.15, 0.2) is 17.5 Å². The standard InChI is InChI=1S/C47H27FN6/c48-41-17-9-7-15-37(41)35-19-21-39(47-52-45(32-11-3-1-4-12-32)51-46(53-47)33-13-5-2-6-14-33)44(27-35)54-42-18-10-8-16-38(42)40-26-34(20-22-43(40)54)36-24-30(28-49)23-31(25-36)29-50/h1-27H. The summed E-state index contributed by atoms with van der Waals surface area (Å²) in [5.41, 5.74) is 8.71. The first kappa shape index (κ1) is 32.2. The maximum absolute atomic E-state index is 15.4. The van der Waals surface area contributed by atoms with Gasteiger partial charge in [-0.05, 0) is 71.3 Å². The molecule has 0 bridgehead atoms. The van der Waals surface area contributed by atoms with Gasteiger partial charge in [0, 0.05) is 33.0 Å². The van der Waals surface area contributed by atoms with Crippen LogP contribution in [0.25, 0.3) is 83.9 Å². The van der Waals surface area contributed by atoms with E-state index < -0.39 is 0 Å². The van der Waals surface area contributed by atoms with E-state index in [1.165, 1.54) is 6.07 Å². The summed E-state index contributed by atoms with van der Waals surface area (Å²) in [5.74, 6) is 1.22. The number of para-hydroxylation sites is 1. The molecule has 0 amide bonds. The van der Waals surface area contributed by atoms with E-state index in [-0.39, 0.29) is 5.82 Å². The van der Waals surface area contributed by atoms with Crippen LogP contribution in [-0.4, -0.2) is 19.5 Å². The summed E-state index contributed by atoms with van der Waals surface area (Å²) >= 11 is 0. The summed E-state index contributed by atoms with van der Waals surface area (Å²) in [6.45, 7) is 0. The van der Waals surface area contributed by atoms with Crippen LogP contribution in [0.1, 0.15) is 11.1 Å². The molecule has 252 valence electrons. The maximum Gasteiger partial charge on any atom is 0.166 e. The lowest BCUT2D eigenvalue weighted by Gasteiger charge is -2.17. The van der Waals surface area contributed by atoms with Crippen molar-refractivity contribution in [3.63, 3.8) is 0 Å². The molecule has 0 saturated heterocycles. The van der Waals surface area contributed by atoms with Crippen molar-refractivity contribution in [1.82, 2.24) is 19.5 Å². The number of hydrogen-bond acceptors (Lipinski definition) is 5. The molecule has 54 heavy (non-hydrogen) atoms. The van der Waals surface area contributed by atoms with Crippen LogP contribution in [0.5, 0.6) is 0 Å². The van der Waals surface area contributed by atoms with Crippen molar-refractivity contribution in [3.8, 4) is 74.2 Å². The van der Waals surface area contributed by atoms with E-state index in [1.54, 1.807) is 30.3 Å². The van der Waals surface area contributed by atoms with Crippen molar-refractivity contribution in [1.29, 1.82) is 10.5 Å². The normalized spacial score (nSPS) is 11.0. The largest absolute Gasteiger partial charge is 0.308 e. The van der Waals surface area contributed by atoms with Gasteiger partial charge in [-0.2, -0.15) is 10.5 Å². The maximum atomic E-state index is 15.4. The minimum atomic E-state index is -0.322. The summed E-state index contributed by atoms with van der Waals surface area (Å²) in [6, 6.07) is 56.1. The van der Waals surface area contributed by atoms with Crippen molar-refractivity contribution in [2.24, 2.45) is 0 Å². The molecule has 2 heterocycles. The first-order chi connectivity index (χ1) is 26.6. The van der Waals surface area contributed by atoms with Gasteiger partial charge in [-0.3, -0.25) is 0 Å². The first-order valence-corrected chi connectivity index (χ1v) is 17.3. The van der Waals surface area contributed by atoms with Gasteiger partial charge in [0.2, 0.25) is 0 Å². The van der Waals surface area contributed by atoms with E-state index in [9.17, 15) is 10.5 Å². The highest BCUT2D eigenvalue weighted by Gasteiger charge is 2.21. The van der Waals surface area contributed by atoms with E-state index >= 15 is 4.39 Å². The van der Waals surface area contributed by atoms with Crippen LogP contribution in [0.15, 0.2) is 164 Å². The highest BCUT2D eigenvalue weighted by Crippen LogP contribution is 2.40. The van der Waals surface area contributed by atoms with Crippen LogP contribution < -0.4 is 0 Å². The zero-order valence-corrected chi connectivity index (χ0v) is 28.6. The lowest BCUT2D eigenvalue weighted by Crippen LogP contribution is -2.04. The first-order valence-electron chi connectivity index (χ1n) is 17.3. The van der Waals surface area contributed by atoms with Gasteiger partial charge in [0.05, 0.1) is 40.0 Å². The van der Waals surface area contributed by atoms with Crippen LogP contribution in [0, 0.1) is 28.5 Å². The molecule has 0 saturated carbocycles. The smallest absolute Gasteiger partial charge is 0.166 e. The van der Waals surface area contributed by atoms with E-state index in [1.807, 2.05) is 109 Å². The minimum Gasteiger partial charge on any atom is -0.308 e. The van der Waals surface area contributed by atoms with Gasteiger partial charge in [-0.25, -0.2) is 19.3 Å². The Morgan fingerprint density at radius 1 is 0.426 bits per heavy atom. The molecular weight excluding hydrogens is 668 g/mol. The Kier molecular flexibility index (Phi) is 8.00. The van der Waals surface area contributed by atoms with Gasteiger partial charge in [0.25, 0.3) is 0 Å². The molecule has 9 rings (SSSR count). The van der Waals surface area contributed by atoms with Gasteiger partial charge in [0.1, 0.15) is 5.82 Å². The molecule has 6 nitrogen and oxygen atoms in total. The van der Waals surface area contributed by atoms with Crippen LogP contribution in [0.3, 0.4) is 0 Å². The molecule has 0 aliphatic carbocycles. The van der Waals surface area contributed by atoms with E-state index in [0.29, 0.717) is 39.7 Å². The third kappa shape index (κ3) is 5.73. The number of halogens is 1. The van der Waals surface area contributed by atoms with Gasteiger partial charge >= 0.3 is 0 Å². The Labute approximate surface area is 310 Å². The van der Waals surface area contributed by atoms with Crippen molar-refractivity contribution in [2.45, 2.75) is 0 Å². The van der Waals surface area contributed by atoms with E-state index in [4.69, 9.17) is 15.0 Å². The van der Waals surface area contributed by atoms with Crippen LogP contribution in [-0.2, 0) is 0 Å². The highest BCUT2D eigenvalue weighted by molar-refractivity contribution is 6.11. The van der Waals surface area contributed by atoms with E-state index in [2.05, 4.69) is 34.9 Å². The molecule has 7 aromatic carbocycles. The molecule has 0 spiro atoms. The Bertz CT molecular complexity index is 2880. The average molecular weight is 695 g/mol. The predicted octanol–water partition coefficient (Wildman–Crippen LogP) is 11.2.